The van der Waals surface area contributed by atoms with Crippen molar-refractivity contribution < 1.29 is 14.4 Å². The van der Waals surface area contributed by atoms with Gasteiger partial charge < -0.3 is 15.1 Å². The largest absolute Gasteiger partial charge is 0.347 e. The van der Waals surface area contributed by atoms with Crippen LogP contribution in [0.5, 0.6) is 0 Å². The summed E-state index contributed by atoms with van der Waals surface area (Å²) in [4.78, 5) is 37.9. The van der Waals surface area contributed by atoms with Crippen molar-refractivity contribution in [2.24, 2.45) is 0 Å². The van der Waals surface area contributed by atoms with Gasteiger partial charge in [0.1, 0.15) is 0 Å². The first-order valence-electron chi connectivity index (χ1n) is 6.27. The summed E-state index contributed by atoms with van der Waals surface area (Å²) in [6.45, 7) is 0.0231. The number of carbonyl (C=O) groups is 3. The van der Waals surface area contributed by atoms with Gasteiger partial charge in [0.2, 0.25) is 11.8 Å². The molecule has 1 aromatic rings. The van der Waals surface area contributed by atoms with Gasteiger partial charge >= 0.3 is 0 Å². The van der Waals surface area contributed by atoms with E-state index in [9.17, 15) is 14.4 Å². The number of rotatable bonds is 3. The first-order chi connectivity index (χ1) is 9.38. The fraction of sp³-hybridized carbons (Fsp3) is 0.357. The number of likely N-dealkylation sites (N-methyl/N-ethyl adjacent to an activating group) is 2. The molecule has 1 aliphatic heterocycles. The van der Waals surface area contributed by atoms with E-state index in [-0.39, 0.29) is 24.3 Å². The van der Waals surface area contributed by atoms with Crippen molar-refractivity contribution in [3.05, 3.63) is 29.3 Å². The van der Waals surface area contributed by atoms with Gasteiger partial charge in [-0.3, -0.25) is 14.4 Å². The van der Waals surface area contributed by atoms with Crippen molar-refractivity contribution >= 4 is 23.4 Å². The minimum atomic E-state index is -0.246. The monoisotopic (exact) mass is 275 g/mol. The third-order valence-electron chi connectivity index (χ3n) is 3.20. The average Bonchev–Trinajstić information content (AvgIpc) is 2.76. The minimum absolute atomic E-state index is 0.0231. The molecule has 106 valence electrons. The van der Waals surface area contributed by atoms with Gasteiger partial charge in [0.25, 0.3) is 5.91 Å². The molecular weight excluding hydrogens is 258 g/mol. The summed E-state index contributed by atoms with van der Waals surface area (Å²) in [7, 11) is 4.87. The number of nitrogens with zero attached hydrogens (tertiary/aromatic N) is 2. The Bertz CT molecular complexity index is 581. The highest BCUT2D eigenvalue weighted by molar-refractivity contribution is 6.02. The Kier molecular flexibility index (Phi) is 3.74. The Morgan fingerprint density at radius 2 is 1.95 bits per heavy atom. The van der Waals surface area contributed by atoms with Crippen LogP contribution in [0.1, 0.15) is 15.9 Å². The molecule has 2 rings (SSSR count). The second-order valence-corrected chi connectivity index (χ2v) is 5.05. The number of benzene rings is 1. The van der Waals surface area contributed by atoms with Crippen LogP contribution in [0.4, 0.5) is 5.69 Å². The lowest BCUT2D eigenvalue weighted by Gasteiger charge is -2.19. The van der Waals surface area contributed by atoms with E-state index in [0.717, 1.165) is 5.56 Å². The van der Waals surface area contributed by atoms with Crippen molar-refractivity contribution in [2.45, 2.75) is 6.42 Å². The molecule has 0 fully saturated rings. The summed E-state index contributed by atoms with van der Waals surface area (Å²) in [5, 5.41) is 2.71. The average molecular weight is 275 g/mol. The van der Waals surface area contributed by atoms with Gasteiger partial charge in [-0.2, -0.15) is 0 Å². The zero-order chi connectivity index (χ0) is 14.9. The molecule has 0 unspecified atom stereocenters. The van der Waals surface area contributed by atoms with E-state index in [1.165, 1.54) is 9.80 Å². The molecule has 1 aliphatic rings. The minimum Gasteiger partial charge on any atom is -0.347 e. The van der Waals surface area contributed by atoms with E-state index in [4.69, 9.17) is 0 Å². The fourth-order valence-electron chi connectivity index (χ4n) is 1.98. The Labute approximate surface area is 117 Å². The molecule has 6 nitrogen and oxygen atoms in total. The molecule has 0 aromatic heterocycles. The first-order valence-corrected chi connectivity index (χ1v) is 6.27. The van der Waals surface area contributed by atoms with Crippen molar-refractivity contribution in [2.75, 3.05) is 33.0 Å². The quantitative estimate of drug-likeness (QED) is 0.865. The Morgan fingerprint density at radius 3 is 2.60 bits per heavy atom. The number of hydrogen-bond donors (Lipinski definition) is 1. The highest BCUT2D eigenvalue weighted by Gasteiger charge is 2.21. The predicted octanol–water partition coefficient (Wildman–Crippen LogP) is 0.341. The number of amides is 3. The van der Waals surface area contributed by atoms with Crippen LogP contribution in [0.3, 0.4) is 0 Å². The van der Waals surface area contributed by atoms with Crippen LogP contribution in [0, 0.1) is 0 Å². The highest BCUT2D eigenvalue weighted by atomic mass is 16.2. The summed E-state index contributed by atoms with van der Waals surface area (Å²) in [6, 6.07) is 5.10. The number of hydrogen-bond acceptors (Lipinski definition) is 3. The van der Waals surface area contributed by atoms with E-state index < -0.39 is 0 Å². The Balaban J connectivity index is 2.12. The van der Waals surface area contributed by atoms with Crippen LogP contribution in [-0.4, -0.2) is 55.2 Å². The summed E-state index contributed by atoms with van der Waals surface area (Å²) in [5.41, 5.74) is 2.02. The summed E-state index contributed by atoms with van der Waals surface area (Å²) in [6.07, 6.45) is 0.346. The first kappa shape index (κ1) is 14.0. The van der Waals surface area contributed by atoms with Crippen LogP contribution in [-0.2, 0) is 16.0 Å². The van der Waals surface area contributed by atoms with E-state index in [2.05, 4.69) is 5.32 Å². The normalized spacial score (nSPS) is 12.7. The molecule has 0 radical (unpaired) electrons. The standard InChI is InChI=1S/C14H17N3O3/c1-16(2)13(19)8-17(3)14(20)10-5-4-9-7-12(18)15-11(9)6-10/h4-6H,7-8H2,1-3H3,(H,15,18). The Morgan fingerprint density at radius 1 is 1.25 bits per heavy atom. The van der Waals surface area contributed by atoms with E-state index in [0.29, 0.717) is 17.7 Å². The highest BCUT2D eigenvalue weighted by Crippen LogP contribution is 2.24. The van der Waals surface area contributed by atoms with E-state index in [1.807, 2.05) is 0 Å². The maximum Gasteiger partial charge on any atom is 0.254 e. The van der Waals surface area contributed by atoms with Crippen molar-refractivity contribution in [3.8, 4) is 0 Å². The van der Waals surface area contributed by atoms with E-state index >= 15 is 0 Å². The van der Waals surface area contributed by atoms with Gasteiger partial charge in [-0.15, -0.1) is 0 Å². The smallest absolute Gasteiger partial charge is 0.254 e. The maximum absolute atomic E-state index is 12.2. The molecule has 0 spiro atoms. The maximum atomic E-state index is 12.2. The zero-order valence-electron chi connectivity index (χ0n) is 11.8. The van der Waals surface area contributed by atoms with Gasteiger partial charge in [-0.05, 0) is 17.7 Å². The molecular formula is C14H17N3O3. The predicted molar refractivity (Wildman–Crippen MR) is 74.4 cm³/mol. The topological polar surface area (TPSA) is 69.7 Å². The van der Waals surface area contributed by atoms with Crippen LogP contribution in [0.25, 0.3) is 0 Å². The zero-order valence-corrected chi connectivity index (χ0v) is 11.8. The molecule has 1 N–H and O–H groups in total. The van der Waals surface area contributed by atoms with Gasteiger partial charge in [-0.25, -0.2) is 0 Å². The summed E-state index contributed by atoms with van der Waals surface area (Å²) >= 11 is 0. The fourth-order valence-corrected chi connectivity index (χ4v) is 1.98. The Hall–Kier alpha value is -2.37. The summed E-state index contributed by atoms with van der Waals surface area (Å²) in [5.74, 6) is -0.458. The summed E-state index contributed by atoms with van der Waals surface area (Å²) < 4.78 is 0. The van der Waals surface area contributed by atoms with Crippen molar-refractivity contribution in [1.29, 1.82) is 0 Å². The molecule has 1 heterocycles. The lowest BCUT2D eigenvalue weighted by atomic mass is 10.1. The SMILES string of the molecule is CN(C)C(=O)CN(C)C(=O)c1ccc2c(c1)NC(=O)C2. The molecule has 0 saturated carbocycles. The molecule has 0 bridgehead atoms. The van der Waals surface area contributed by atoms with E-state index in [1.54, 1.807) is 39.3 Å². The number of fused-ring (bicyclic) bond motifs is 1. The third kappa shape index (κ3) is 2.79. The van der Waals surface area contributed by atoms with Crippen molar-refractivity contribution in [1.82, 2.24) is 9.80 Å². The van der Waals surface area contributed by atoms with Crippen molar-refractivity contribution in [3.63, 3.8) is 0 Å². The molecule has 6 heteroatoms. The lowest BCUT2D eigenvalue weighted by molar-refractivity contribution is -0.129. The second kappa shape index (κ2) is 5.32. The molecule has 0 atom stereocenters. The number of nitrogens with one attached hydrogen (secondary N) is 1. The van der Waals surface area contributed by atoms with Crippen LogP contribution in [0.2, 0.25) is 0 Å². The number of carbonyl (C=O) groups excluding carboxylic acids is 3. The van der Waals surface area contributed by atoms with Crippen LogP contribution >= 0.6 is 0 Å². The van der Waals surface area contributed by atoms with Gasteiger partial charge in [-0.1, -0.05) is 6.07 Å². The molecule has 0 aliphatic carbocycles. The lowest BCUT2D eigenvalue weighted by Crippen LogP contribution is -2.37. The second-order valence-electron chi connectivity index (χ2n) is 5.05. The van der Waals surface area contributed by atoms with Gasteiger partial charge in [0, 0.05) is 32.4 Å². The molecule has 0 saturated heterocycles. The van der Waals surface area contributed by atoms with Gasteiger partial charge in [0.05, 0.1) is 13.0 Å². The van der Waals surface area contributed by atoms with Crippen LogP contribution in [0.15, 0.2) is 18.2 Å². The van der Waals surface area contributed by atoms with Crippen LogP contribution < -0.4 is 5.32 Å². The third-order valence-corrected chi connectivity index (χ3v) is 3.20. The van der Waals surface area contributed by atoms with Gasteiger partial charge in [0.15, 0.2) is 0 Å². The number of anilines is 1. The molecule has 1 aromatic carbocycles. The molecule has 20 heavy (non-hydrogen) atoms. The molecule has 3 amide bonds.